The summed E-state index contributed by atoms with van der Waals surface area (Å²) in [6.07, 6.45) is 1.14. The van der Waals surface area contributed by atoms with Gasteiger partial charge in [0, 0.05) is 24.2 Å². The number of carbonyl (C=O) groups is 1. The van der Waals surface area contributed by atoms with Gasteiger partial charge in [0.15, 0.2) is 23.2 Å². The summed E-state index contributed by atoms with van der Waals surface area (Å²) in [6, 6.07) is 4.38. The zero-order valence-corrected chi connectivity index (χ0v) is 17.0. The lowest BCUT2D eigenvalue weighted by molar-refractivity contribution is 0.101. The Hall–Kier alpha value is -3.47. The smallest absolute Gasteiger partial charge is 0.277 e. The number of anilines is 1. The first kappa shape index (κ1) is 21.8. The molecule has 2 aromatic heterocycles. The standard InChI is InChI=1S/C20H15ClF4N6O/c21-11-6-13(23)15(28-7-11)19(32)29-14-5-10(1-2-12(14)16(24)25)20(8-22)9-31-4-3-27-18(31)17(26)30-20/h1-7,16H,8-9H2,(H2,26,30)(H,29,32). The average Bonchev–Trinajstić information content (AvgIpc) is 3.22. The SMILES string of the molecule is NC1=NC(CF)(c2ccc(C(F)F)c(NC(=O)c3ncc(Cl)cc3F)c2)Cn2ccnc21. The van der Waals surface area contributed by atoms with Crippen molar-refractivity contribution < 1.29 is 22.4 Å². The second-order valence-corrected chi connectivity index (χ2v) is 7.52. The van der Waals surface area contributed by atoms with Gasteiger partial charge in [-0.2, -0.15) is 0 Å². The number of alkyl halides is 3. The maximum Gasteiger partial charge on any atom is 0.277 e. The van der Waals surface area contributed by atoms with Gasteiger partial charge in [-0.05, 0) is 17.7 Å². The molecule has 7 nitrogen and oxygen atoms in total. The number of aliphatic imine (C=N–C) groups is 1. The summed E-state index contributed by atoms with van der Waals surface area (Å²) in [5.41, 5.74) is 3.08. The highest BCUT2D eigenvalue weighted by Crippen LogP contribution is 2.37. The van der Waals surface area contributed by atoms with E-state index in [-0.39, 0.29) is 28.7 Å². The first-order valence-corrected chi connectivity index (χ1v) is 9.59. The third-order valence-corrected chi connectivity index (χ3v) is 5.24. The van der Waals surface area contributed by atoms with Gasteiger partial charge in [0.2, 0.25) is 0 Å². The van der Waals surface area contributed by atoms with E-state index >= 15 is 0 Å². The summed E-state index contributed by atoms with van der Waals surface area (Å²) in [7, 11) is 0. The highest BCUT2D eigenvalue weighted by atomic mass is 35.5. The molecule has 32 heavy (non-hydrogen) atoms. The molecule has 1 aliphatic heterocycles. The lowest BCUT2D eigenvalue weighted by Crippen LogP contribution is -2.40. The van der Waals surface area contributed by atoms with E-state index in [1.54, 1.807) is 10.8 Å². The van der Waals surface area contributed by atoms with Crippen LogP contribution >= 0.6 is 11.6 Å². The predicted molar refractivity (Wildman–Crippen MR) is 109 cm³/mol. The minimum atomic E-state index is -2.97. The van der Waals surface area contributed by atoms with Crippen molar-refractivity contribution in [1.29, 1.82) is 0 Å². The number of nitrogens with two attached hydrogens (primary N) is 1. The van der Waals surface area contributed by atoms with Crippen molar-refractivity contribution in [1.82, 2.24) is 14.5 Å². The average molecular weight is 467 g/mol. The molecule has 0 radical (unpaired) electrons. The zero-order valence-electron chi connectivity index (χ0n) is 16.2. The van der Waals surface area contributed by atoms with E-state index in [0.29, 0.717) is 5.82 Å². The van der Waals surface area contributed by atoms with Crippen LogP contribution in [0.15, 0.2) is 47.8 Å². The Morgan fingerprint density at radius 3 is 2.78 bits per heavy atom. The van der Waals surface area contributed by atoms with Gasteiger partial charge in [-0.15, -0.1) is 0 Å². The molecule has 3 N–H and O–H groups in total. The van der Waals surface area contributed by atoms with Gasteiger partial charge in [0.25, 0.3) is 12.3 Å². The van der Waals surface area contributed by atoms with Crippen LogP contribution in [0.4, 0.5) is 23.2 Å². The Bertz CT molecular complexity index is 1230. The number of hydrogen-bond acceptors (Lipinski definition) is 5. The normalized spacial score (nSPS) is 17.8. The van der Waals surface area contributed by atoms with Crippen LogP contribution < -0.4 is 11.1 Å². The highest BCUT2D eigenvalue weighted by molar-refractivity contribution is 6.30. The van der Waals surface area contributed by atoms with E-state index in [0.717, 1.165) is 18.3 Å². The summed E-state index contributed by atoms with van der Waals surface area (Å²) < 4.78 is 57.1. The topological polar surface area (TPSA) is 98.2 Å². The van der Waals surface area contributed by atoms with E-state index < -0.39 is 41.6 Å². The molecule has 0 saturated heterocycles. The molecular formula is C20H15ClF4N6O. The summed E-state index contributed by atoms with van der Waals surface area (Å²) in [6.45, 7) is -0.992. The van der Waals surface area contributed by atoms with E-state index in [4.69, 9.17) is 17.3 Å². The first-order chi connectivity index (χ1) is 15.2. The van der Waals surface area contributed by atoms with Crippen LogP contribution in [0.2, 0.25) is 5.02 Å². The number of carbonyl (C=O) groups excluding carboxylic acids is 1. The van der Waals surface area contributed by atoms with E-state index in [9.17, 15) is 22.4 Å². The predicted octanol–water partition coefficient (Wildman–Crippen LogP) is 3.84. The molecule has 166 valence electrons. The molecule has 12 heteroatoms. The summed E-state index contributed by atoms with van der Waals surface area (Å²) in [5.74, 6) is -1.76. The van der Waals surface area contributed by atoms with Gasteiger partial charge in [-0.3, -0.25) is 4.79 Å². The summed E-state index contributed by atoms with van der Waals surface area (Å²) in [5, 5.41) is 2.19. The molecule has 1 aromatic carbocycles. The molecule has 0 fully saturated rings. The second kappa shape index (κ2) is 8.23. The molecule has 0 bridgehead atoms. The minimum absolute atomic E-state index is 0.00825. The maximum absolute atomic E-state index is 14.3. The monoisotopic (exact) mass is 466 g/mol. The van der Waals surface area contributed by atoms with Crippen molar-refractivity contribution in [3.05, 3.63) is 76.3 Å². The van der Waals surface area contributed by atoms with Crippen molar-refractivity contribution >= 4 is 29.0 Å². The van der Waals surface area contributed by atoms with Crippen molar-refractivity contribution in [2.45, 2.75) is 18.5 Å². The van der Waals surface area contributed by atoms with Crippen LogP contribution in [0.25, 0.3) is 0 Å². The van der Waals surface area contributed by atoms with Crippen LogP contribution in [0.1, 0.15) is 33.9 Å². The number of nitrogens with zero attached hydrogens (tertiary/aromatic N) is 4. The van der Waals surface area contributed by atoms with Gasteiger partial charge >= 0.3 is 0 Å². The zero-order chi connectivity index (χ0) is 23.0. The lowest BCUT2D eigenvalue weighted by atomic mass is 9.89. The van der Waals surface area contributed by atoms with Crippen molar-refractivity contribution in [2.75, 3.05) is 12.0 Å². The number of rotatable bonds is 5. The van der Waals surface area contributed by atoms with Crippen LogP contribution in [-0.2, 0) is 12.1 Å². The lowest BCUT2D eigenvalue weighted by Gasteiger charge is -2.32. The fourth-order valence-corrected chi connectivity index (χ4v) is 3.62. The van der Waals surface area contributed by atoms with Crippen molar-refractivity contribution in [3.8, 4) is 0 Å². The van der Waals surface area contributed by atoms with Crippen molar-refractivity contribution in [3.63, 3.8) is 0 Å². The number of amidine groups is 1. The molecule has 0 aliphatic carbocycles. The number of pyridine rings is 1. The third-order valence-electron chi connectivity index (χ3n) is 5.03. The molecule has 4 rings (SSSR count). The largest absolute Gasteiger partial charge is 0.381 e. The van der Waals surface area contributed by atoms with E-state index in [2.05, 4.69) is 20.3 Å². The van der Waals surface area contributed by atoms with Crippen molar-refractivity contribution in [2.24, 2.45) is 10.7 Å². The van der Waals surface area contributed by atoms with Crippen LogP contribution in [0.5, 0.6) is 0 Å². The van der Waals surface area contributed by atoms with Crippen LogP contribution in [0, 0.1) is 5.82 Å². The highest BCUT2D eigenvalue weighted by Gasteiger charge is 2.38. The Kier molecular flexibility index (Phi) is 5.59. The number of halogens is 5. The van der Waals surface area contributed by atoms with Gasteiger partial charge in [-0.1, -0.05) is 23.7 Å². The van der Waals surface area contributed by atoms with Gasteiger partial charge in [-0.25, -0.2) is 32.5 Å². The fraction of sp³-hybridized carbons (Fsp3) is 0.200. The van der Waals surface area contributed by atoms with Crippen LogP contribution in [0.3, 0.4) is 0 Å². The molecule has 0 spiro atoms. The van der Waals surface area contributed by atoms with Gasteiger partial charge < -0.3 is 15.6 Å². The Labute approximate surface area is 183 Å². The number of fused-ring (bicyclic) bond motifs is 1. The summed E-state index contributed by atoms with van der Waals surface area (Å²) in [4.78, 5) is 24.4. The number of imidazole rings is 1. The van der Waals surface area contributed by atoms with Crippen LogP contribution in [-0.4, -0.2) is 33.0 Å². The number of benzene rings is 1. The number of aromatic nitrogens is 3. The number of amides is 1. The molecule has 1 atom stereocenters. The van der Waals surface area contributed by atoms with E-state index in [1.165, 1.54) is 18.3 Å². The second-order valence-electron chi connectivity index (χ2n) is 7.08. The van der Waals surface area contributed by atoms with Gasteiger partial charge in [0.1, 0.15) is 12.2 Å². The molecule has 1 unspecified atom stereocenters. The number of hydrogen-bond donors (Lipinski definition) is 2. The molecule has 1 aliphatic rings. The van der Waals surface area contributed by atoms with Gasteiger partial charge in [0.05, 0.1) is 17.3 Å². The Balaban J connectivity index is 1.75. The molecular weight excluding hydrogens is 452 g/mol. The first-order valence-electron chi connectivity index (χ1n) is 9.22. The minimum Gasteiger partial charge on any atom is -0.381 e. The Morgan fingerprint density at radius 1 is 1.31 bits per heavy atom. The molecule has 3 aromatic rings. The quantitative estimate of drug-likeness (QED) is 0.558. The summed E-state index contributed by atoms with van der Waals surface area (Å²) >= 11 is 5.63. The fourth-order valence-electron chi connectivity index (χ4n) is 3.48. The maximum atomic E-state index is 14.3. The molecule has 3 heterocycles. The molecule has 1 amide bonds. The Morgan fingerprint density at radius 2 is 2.09 bits per heavy atom. The van der Waals surface area contributed by atoms with E-state index in [1.807, 2.05) is 0 Å². The molecule has 0 saturated carbocycles. The third kappa shape index (κ3) is 3.79. The number of nitrogens with one attached hydrogen (secondary N) is 1.